The first-order valence-electron chi connectivity index (χ1n) is 7.83. The van der Waals surface area contributed by atoms with E-state index >= 15 is 0 Å². The molecule has 0 fully saturated rings. The third kappa shape index (κ3) is 5.42. The topological polar surface area (TPSA) is 148 Å². The van der Waals surface area contributed by atoms with Crippen molar-refractivity contribution in [2.45, 2.75) is 15.6 Å². The molecule has 0 saturated heterocycles. The van der Waals surface area contributed by atoms with E-state index in [1.165, 1.54) is 33.3 Å². The maximum atomic E-state index is 12.7. The van der Waals surface area contributed by atoms with Gasteiger partial charge in [0.2, 0.25) is 0 Å². The summed E-state index contributed by atoms with van der Waals surface area (Å²) in [5, 5.41) is 2.22. The average Bonchev–Trinajstić information content (AvgIpc) is 2.66. The molecular formula is C15H19N5O6S2Se. The molecular weight excluding hydrogens is 489 g/mol. The standard InChI is InChI=1S/C15H19N5O6S2Se/c1-20(2)28(24,25)11-8-6-5-7-10(11)27(22,23)19-15(21)18-14-16-12(26-3)9-13(17-14)29-4/h5-9H,1-4H3,(H2,16,17,18,19,21). The van der Waals surface area contributed by atoms with Gasteiger partial charge in [-0.2, -0.15) is 0 Å². The van der Waals surface area contributed by atoms with Crippen LogP contribution in [0.2, 0.25) is 5.82 Å². The Hall–Kier alpha value is -2.25. The first-order valence-corrected chi connectivity index (χ1v) is 13.3. The molecule has 11 nitrogen and oxygen atoms in total. The number of nitrogens with zero attached hydrogens (tertiary/aromatic N) is 3. The fourth-order valence-corrected chi connectivity index (χ4v) is 5.49. The Bertz CT molecular complexity index is 1100. The molecule has 14 heteroatoms. The number of rotatable bonds is 7. The van der Waals surface area contributed by atoms with E-state index in [9.17, 15) is 21.6 Å². The number of hydrogen-bond acceptors (Lipinski definition) is 8. The Kier molecular flexibility index (Phi) is 7.19. The molecule has 2 aromatic rings. The van der Waals surface area contributed by atoms with Gasteiger partial charge in [0.1, 0.15) is 0 Å². The summed E-state index contributed by atoms with van der Waals surface area (Å²) in [6, 6.07) is 5.41. The summed E-state index contributed by atoms with van der Waals surface area (Å²) in [5.74, 6) is 1.95. The van der Waals surface area contributed by atoms with Crippen molar-refractivity contribution in [2.24, 2.45) is 0 Å². The van der Waals surface area contributed by atoms with Gasteiger partial charge in [0.15, 0.2) is 0 Å². The van der Waals surface area contributed by atoms with Crippen LogP contribution in [0.15, 0.2) is 40.1 Å². The van der Waals surface area contributed by atoms with Crippen LogP contribution in [-0.2, 0) is 20.0 Å². The minimum absolute atomic E-state index is 0.0192. The van der Waals surface area contributed by atoms with E-state index in [0.717, 1.165) is 16.4 Å². The number of anilines is 1. The van der Waals surface area contributed by atoms with Gasteiger partial charge < -0.3 is 0 Å². The van der Waals surface area contributed by atoms with Gasteiger partial charge in [0.25, 0.3) is 0 Å². The van der Waals surface area contributed by atoms with Crippen LogP contribution in [0.3, 0.4) is 0 Å². The van der Waals surface area contributed by atoms with Gasteiger partial charge in [-0.25, -0.2) is 0 Å². The molecule has 0 radical (unpaired) electrons. The van der Waals surface area contributed by atoms with Crippen molar-refractivity contribution < 1.29 is 26.4 Å². The van der Waals surface area contributed by atoms with E-state index < -0.39 is 35.9 Å². The molecule has 0 spiro atoms. The normalized spacial score (nSPS) is 11.9. The molecule has 0 aliphatic rings. The number of carbonyl (C=O) groups is 1. The fourth-order valence-electron chi connectivity index (χ4n) is 2.06. The second-order valence-corrected chi connectivity index (χ2v) is 11.1. The van der Waals surface area contributed by atoms with Crippen molar-refractivity contribution in [3.63, 3.8) is 0 Å². The second kappa shape index (κ2) is 9.05. The van der Waals surface area contributed by atoms with Crippen LogP contribution in [0.1, 0.15) is 0 Å². The van der Waals surface area contributed by atoms with Crippen LogP contribution in [0, 0.1) is 0 Å². The molecule has 1 aromatic heterocycles. The number of carbonyl (C=O) groups excluding carboxylic acids is 1. The predicted octanol–water partition coefficient (Wildman–Crippen LogP) is -0.376. The van der Waals surface area contributed by atoms with Crippen molar-refractivity contribution in [2.75, 3.05) is 26.5 Å². The predicted molar refractivity (Wildman–Crippen MR) is 106 cm³/mol. The van der Waals surface area contributed by atoms with Crippen LogP contribution in [0.5, 0.6) is 5.88 Å². The molecule has 2 N–H and O–H groups in total. The Morgan fingerprint density at radius 2 is 1.72 bits per heavy atom. The number of sulfonamides is 2. The maximum absolute atomic E-state index is 12.7. The van der Waals surface area contributed by atoms with Crippen LogP contribution >= 0.6 is 0 Å². The van der Waals surface area contributed by atoms with Crippen molar-refractivity contribution >= 4 is 51.6 Å². The summed E-state index contributed by atoms with van der Waals surface area (Å²) in [5.41, 5.74) is 0. The van der Waals surface area contributed by atoms with Crippen LogP contribution in [0.4, 0.5) is 10.7 Å². The Morgan fingerprint density at radius 1 is 1.10 bits per heavy atom. The van der Waals surface area contributed by atoms with Crippen molar-refractivity contribution in [3.05, 3.63) is 30.3 Å². The number of benzene rings is 1. The minimum atomic E-state index is -4.51. The van der Waals surface area contributed by atoms with Gasteiger partial charge in [0.05, 0.1) is 0 Å². The number of nitrogens with one attached hydrogen (secondary N) is 2. The molecule has 0 aliphatic carbocycles. The summed E-state index contributed by atoms with van der Waals surface area (Å²) < 4.78 is 58.4. The number of amides is 2. The van der Waals surface area contributed by atoms with E-state index in [1.807, 2.05) is 5.82 Å². The van der Waals surface area contributed by atoms with Crippen LogP contribution < -0.4 is 19.4 Å². The molecule has 0 saturated carbocycles. The van der Waals surface area contributed by atoms with Gasteiger partial charge >= 0.3 is 175 Å². The quantitative estimate of drug-likeness (QED) is 0.481. The molecule has 0 bridgehead atoms. The molecule has 1 aromatic carbocycles. The first-order chi connectivity index (χ1) is 13.5. The van der Waals surface area contributed by atoms with Crippen LogP contribution in [-0.4, -0.2) is 73.3 Å². The zero-order valence-electron chi connectivity index (χ0n) is 15.9. The van der Waals surface area contributed by atoms with Crippen LogP contribution in [0.25, 0.3) is 0 Å². The third-order valence-corrected chi connectivity index (χ3v) is 8.16. The zero-order valence-corrected chi connectivity index (χ0v) is 19.2. The van der Waals surface area contributed by atoms with Gasteiger partial charge in [-0.3, -0.25) is 0 Å². The van der Waals surface area contributed by atoms with E-state index in [4.69, 9.17) is 4.74 Å². The molecule has 158 valence electrons. The number of urea groups is 1. The zero-order chi connectivity index (χ0) is 21.8. The Labute approximate surface area is 175 Å². The molecule has 0 unspecified atom stereocenters. The molecule has 2 rings (SSSR count). The van der Waals surface area contributed by atoms with E-state index in [1.54, 1.807) is 10.8 Å². The van der Waals surface area contributed by atoms with E-state index in [0.29, 0.717) is 4.59 Å². The molecule has 2 amide bonds. The summed E-state index contributed by atoms with van der Waals surface area (Å²) in [7, 11) is -4.64. The van der Waals surface area contributed by atoms with Crippen molar-refractivity contribution in [1.29, 1.82) is 0 Å². The Balaban J connectivity index is 2.33. The number of hydrogen-bond donors (Lipinski definition) is 2. The number of methoxy groups -OCH3 is 1. The summed E-state index contributed by atoms with van der Waals surface area (Å²) in [6.07, 6.45) is 0. The van der Waals surface area contributed by atoms with Crippen molar-refractivity contribution in [3.8, 4) is 5.88 Å². The Morgan fingerprint density at radius 3 is 2.28 bits per heavy atom. The molecule has 0 atom stereocenters. The molecule has 1 heterocycles. The van der Waals surface area contributed by atoms with E-state index in [2.05, 4.69) is 15.3 Å². The van der Waals surface area contributed by atoms with Gasteiger partial charge in [-0.15, -0.1) is 0 Å². The van der Waals surface area contributed by atoms with Gasteiger partial charge in [-0.05, 0) is 0 Å². The molecule has 29 heavy (non-hydrogen) atoms. The number of ether oxygens (including phenoxy) is 1. The first kappa shape index (κ1) is 23.0. The summed E-state index contributed by atoms with van der Waals surface area (Å²) in [6.45, 7) is 0. The van der Waals surface area contributed by atoms with Gasteiger partial charge in [0, 0.05) is 0 Å². The van der Waals surface area contributed by atoms with Gasteiger partial charge in [-0.1, -0.05) is 0 Å². The fraction of sp³-hybridized carbons (Fsp3) is 0.267. The van der Waals surface area contributed by atoms with E-state index in [-0.39, 0.29) is 26.8 Å². The monoisotopic (exact) mass is 509 g/mol. The third-order valence-electron chi connectivity index (χ3n) is 3.45. The second-order valence-electron chi connectivity index (χ2n) is 5.57. The molecule has 0 aliphatic heterocycles. The number of aromatic nitrogens is 2. The summed E-state index contributed by atoms with van der Waals surface area (Å²) >= 11 is -0.0192. The SMILES string of the molecule is COc1cc([Se]C)nc(NC(=O)NS(=O)(=O)c2ccccc2S(=O)(=O)N(C)C)n1. The average molecular weight is 508 g/mol. The summed E-state index contributed by atoms with van der Waals surface area (Å²) in [4.78, 5) is 19.2. The van der Waals surface area contributed by atoms with Crippen molar-refractivity contribution in [1.82, 2.24) is 19.0 Å².